The van der Waals surface area contributed by atoms with Gasteiger partial charge in [-0.15, -0.1) is 0 Å². The molecule has 154 valence electrons. The van der Waals surface area contributed by atoms with E-state index in [0.717, 1.165) is 77.8 Å². The molecule has 1 aromatic heterocycles. The number of piperidine rings is 2. The molecule has 0 N–H and O–H groups in total. The van der Waals surface area contributed by atoms with Crippen molar-refractivity contribution in [2.24, 2.45) is 13.0 Å². The van der Waals surface area contributed by atoms with Gasteiger partial charge in [-0.25, -0.2) is 0 Å². The van der Waals surface area contributed by atoms with Crippen molar-refractivity contribution in [3.05, 3.63) is 16.9 Å². The van der Waals surface area contributed by atoms with E-state index >= 15 is 0 Å². The van der Waals surface area contributed by atoms with Crippen LogP contribution in [0.4, 0.5) is 0 Å². The quantitative estimate of drug-likeness (QED) is 0.769. The molecule has 3 aliphatic heterocycles. The fourth-order valence-electron chi connectivity index (χ4n) is 4.97. The summed E-state index contributed by atoms with van der Waals surface area (Å²) < 4.78 is 1.55. The highest BCUT2D eigenvalue weighted by Crippen LogP contribution is 2.27. The summed E-state index contributed by atoms with van der Waals surface area (Å²) in [6, 6.07) is 0.459. The number of halogens is 1. The Kier molecular flexibility index (Phi) is 5.92. The van der Waals surface area contributed by atoms with Gasteiger partial charge in [-0.1, -0.05) is 11.6 Å². The third kappa shape index (κ3) is 3.92. The molecule has 1 aromatic rings. The van der Waals surface area contributed by atoms with Crippen LogP contribution in [-0.4, -0.2) is 81.6 Å². The highest BCUT2D eigenvalue weighted by Gasteiger charge is 2.35. The van der Waals surface area contributed by atoms with Crippen LogP contribution < -0.4 is 0 Å². The molecular weight excluding hydrogens is 378 g/mol. The van der Waals surface area contributed by atoms with E-state index in [4.69, 9.17) is 11.6 Å². The van der Waals surface area contributed by atoms with Gasteiger partial charge in [0, 0.05) is 45.8 Å². The number of nitrogens with zero attached hydrogens (tertiary/aromatic N) is 5. The fraction of sp³-hybridized carbons (Fsp3) is 0.750. The minimum absolute atomic E-state index is 0.0378. The predicted octanol–water partition coefficient (Wildman–Crippen LogP) is 2.01. The molecule has 2 amide bonds. The van der Waals surface area contributed by atoms with E-state index in [1.54, 1.807) is 11.7 Å². The molecule has 8 heteroatoms. The number of likely N-dealkylation sites (tertiary alicyclic amines) is 3. The van der Waals surface area contributed by atoms with E-state index < -0.39 is 0 Å². The normalized spacial score (nSPS) is 24.7. The molecule has 0 saturated carbocycles. The first-order valence-corrected chi connectivity index (χ1v) is 10.9. The molecule has 28 heavy (non-hydrogen) atoms. The van der Waals surface area contributed by atoms with Crippen LogP contribution in [0.25, 0.3) is 0 Å². The highest BCUT2D eigenvalue weighted by molar-refractivity contribution is 6.33. The Labute approximate surface area is 171 Å². The number of hydrogen-bond donors (Lipinski definition) is 0. The summed E-state index contributed by atoms with van der Waals surface area (Å²) in [5, 5.41) is 4.48. The second kappa shape index (κ2) is 8.41. The Bertz CT molecular complexity index is 703. The topological polar surface area (TPSA) is 61.7 Å². The van der Waals surface area contributed by atoms with E-state index in [1.807, 2.05) is 4.90 Å². The summed E-state index contributed by atoms with van der Waals surface area (Å²) in [5.41, 5.74) is 0.467. The van der Waals surface area contributed by atoms with Gasteiger partial charge in [0.15, 0.2) is 0 Å². The number of carbonyl (C=O) groups is 2. The van der Waals surface area contributed by atoms with Crippen molar-refractivity contribution in [2.45, 2.75) is 44.6 Å². The number of aromatic nitrogens is 2. The number of hydrogen-bond acceptors (Lipinski definition) is 4. The van der Waals surface area contributed by atoms with Gasteiger partial charge in [0.1, 0.15) is 5.69 Å². The first-order valence-electron chi connectivity index (χ1n) is 10.5. The van der Waals surface area contributed by atoms with E-state index in [1.165, 1.54) is 6.20 Å². The zero-order chi connectivity index (χ0) is 19.7. The lowest BCUT2D eigenvalue weighted by molar-refractivity contribution is -0.136. The Morgan fingerprint density at radius 3 is 2.36 bits per heavy atom. The molecule has 0 bridgehead atoms. The standard InChI is InChI=1S/C20H30ClN5O2/c1-23-18(17(21)13-22-23)20(28)25-11-6-16(7-12-25)26-10-4-5-15(14-26)19(27)24-8-2-3-9-24/h13,15-16H,2-12,14H2,1H3/t15-/m1/s1. The summed E-state index contributed by atoms with van der Waals surface area (Å²) in [7, 11) is 1.75. The van der Waals surface area contributed by atoms with Gasteiger partial charge >= 0.3 is 0 Å². The molecule has 0 aliphatic carbocycles. The van der Waals surface area contributed by atoms with Crippen molar-refractivity contribution in [3.63, 3.8) is 0 Å². The van der Waals surface area contributed by atoms with Crippen molar-refractivity contribution in [1.29, 1.82) is 0 Å². The van der Waals surface area contributed by atoms with Gasteiger partial charge in [-0.2, -0.15) is 5.10 Å². The van der Waals surface area contributed by atoms with Crippen molar-refractivity contribution < 1.29 is 9.59 Å². The van der Waals surface area contributed by atoms with Crippen LogP contribution in [0.15, 0.2) is 6.20 Å². The Morgan fingerprint density at radius 2 is 1.71 bits per heavy atom. The molecular formula is C20H30ClN5O2. The molecule has 3 aliphatic rings. The number of amides is 2. The molecule has 4 rings (SSSR count). The van der Waals surface area contributed by atoms with Gasteiger partial charge < -0.3 is 9.80 Å². The van der Waals surface area contributed by atoms with Crippen LogP contribution in [0.2, 0.25) is 5.02 Å². The van der Waals surface area contributed by atoms with Crippen molar-refractivity contribution >= 4 is 23.4 Å². The van der Waals surface area contributed by atoms with Crippen LogP contribution in [0, 0.1) is 5.92 Å². The minimum Gasteiger partial charge on any atom is -0.342 e. The number of rotatable bonds is 3. The molecule has 3 saturated heterocycles. The number of carbonyl (C=O) groups excluding carboxylic acids is 2. The Hall–Kier alpha value is -1.60. The van der Waals surface area contributed by atoms with Gasteiger partial charge in [0.25, 0.3) is 5.91 Å². The molecule has 4 heterocycles. The lowest BCUT2D eigenvalue weighted by Gasteiger charge is -2.42. The van der Waals surface area contributed by atoms with Crippen LogP contribution in [0.5, 0.6) is 0 Å². The first kappa shape index (κ1) is 19.7. The van der Waals surface area contributed by atoms with Gasteiger partial charge in [0.05, 0.1) is 17.1 Å². The number of aryl methyl sites for hydroxylation is 1. The zero-order valence-corrected chi connectivity index (χ0v) is 17.4. The van der Waals surface area contributed by atoms with Crippen LogP contribution in [0.3, 0.4) is 0 Å². The molecule has 0 spiro atoms. The fourth-order valence-corrected chi connectivity index (χ4v) is 5.22. The lowest BCUT2D eigenvalue weighted by Crippen LogP contribution is -2.51. The van der Waals surface area contributed by atoms with E-state index in [9.17, 15) is 9.59 Å². The van der Waals surface area contributed by atoms with Gasteiger partial charge in [-0.05, 0) is 45.1 Å². The summed E-state index contributed by atoms with van der Waals surface area (Å²) in [6.45, 7) is 5.27. The maximum Gasteiger partial charge on any atom is 0.273 e. The lowest BCUT2D eigenvalue weighted by atomic mass is 9.93. The maximum absolute atomic E-state index is 12.8. The summed E-state index contributed by atoms with van der Waals surface area (Å²) in [6.07, 6.45) is 7.82. The van der Waals surface area contributed by atoms with Crippen LogP contribution in [0.1, 0.15) is 49.0 Å². The second-order valence-electron chi connectivity index (χ2n) is 8.35. The third-order valence-electron chi connectivity index (χ3n) is 6.58. The summed E-state index contributed by atoms with van der Waals surface area (Å²) in [4.78, 5) is 32.0. The molecule has 3 fully saturated rings. The average molecular weight is 408 g/mol. The molecule has 7 nitrogen and oxygen atoms in total. The van der Waals surface area contributed by atoms with Crippen molar-refractivity contribution in [3.8, 4) is 0 Å². The van der Waals surface area contributed by atoms with E-state index in [2.05, 4.69) is 14.9 Å². The van der Waals surface area contributed by atoms with Crippen molar-refractivity contribution in [1.82, 2.24) is 24.5 Å². The summed E-state index contributed by atoms with van der Waals surface area (Å²) >= 11 is 6.13. The highest BCUT2D eigenvalue weighted by atomic mass is 35.5. The average Bonchev–Trinajstić information content (AvgIpc) is 3.37. The smallest absolute Gasteiger partial charge is 0.273 e. The molecule has 0 aromatic carbocycles. The van der Waals surface area contributed by atoms with E-state index in [0.29, 0.717) is 22.7 Å². The SMILES string of the molecule is Cn1ncc(Cl)c1C(=O)N1CCC(N2CCC[C@@H](C(=O)N3CCCC3)C2)CC1. The van der Waals surface area contributed by atoms with E-state index in [-0.39, 0.29) is 11.8 Å². The first-order chi connectivity index (χ1) is 13.5. The molecule has 0 radical (unpaired) electrons. The largest absolute Gasteiger partial charge is 0.342 e. The van der Waals surface area contributed by atoms with Crippen LogP contribution in [-0.2, 0) is 11.8 Å². The Balaban J connectivity index is 1.32. The molecule has 1 atom stereocenters. The second-order valence-corrected chi connectivity index (χ2v) is 8.76. The van der Waals surface area contributed by atoms with Crippen LogP contribution >= 0.6 is 11.6 Å². The maximum atomic E-state index is 12.8. The van der Waals surface area contributed by atoms with Gasteiger partial charge in [-0.3, -0.25) is 19.2 Å². The monoisotopic (exact) mass is 407 g/mol. The molecule has 0 unspecified atom stereocenters. The predicted molar refractivity (Wildman–Crippen MR) is 107 cm³/mol. The summed E-state index contributed by atoms with van der Waals surface area (Å²) in [5.74, 6) is 0.476. The third-order valence-corrected chi connectivity index (χ3v) is 6.86. The zero-order valence-electron chi connectivity index (χ0n) is 16.6. The van der Waals surface area contributed by atoms with Gasteiger partial charge in [0.2, 0.25) is 5.91 Å². The minimum atomic E-state index is -0.0378. The van der Waals surface area contributed by atoms with Crippen molar-refractivity contribution in [2.75, 3.05) is 39.3 Å². The Morgan fingerprint density at radius 1 is 1.00 bits per heavy atom.